The molecule has 1 aromatic carbocycles. The smallest absolute Gasteiger partial charge is 0.273 e. The highest BCUT2D eigenvalue weighted by molar-refractivity contribution is 5.92. The number of nitrogens with one attached hydrogen (secondary N) is 1. The zero-order chi connectivity index (χ0) is 18.1. The Balaban J connectivity index is 1.45. The minimum atomic E-state index is 0.0193. The summed E-state index contributed by atoms with van der Waals surface area (Å²) in [4.78, 5) is 21.7. The first kappa shape index (κ1) is 17.2. The van der Waals surface area contributed by atoms with Gasteiger partial charge in [-0.1, -0.05) is 24.3 Å². The average molecular weight is 353 g/mol. The Morgan fingerprint density at radius 1 is 1.31 bits per heavy atom. The van der Waals surface area contributed by atoms with E-state index in [1.807, 2.05) is 18.1 Å². The van der Waals surface area contributed by atoms with Crippen LogP contribution in [0, 0.1) is 0 Å². The van der Waals surface area contributed by atoms with Crippen LogP contribution >= 0.6 is 0 Å². The fourth-order valence-corrected chi connectivity index (χ4v) is 3.99. The van der Waals surface area contributed by atoms with Gasteiger partial charge in [-0.3, -0.25) is 9.69 Å². The maximum Gasteiger partial charge on any atom is 0.273 e. The lowest BCUT2D eigenvalue weighted by Crippen LogP contribution is -2.46. The van der Waals surface area contributed by atoms with Crippen LogP contribution in [0.15, 0.2) is 30.5 Å². The van der Waals surface area contributed by atoms with E-state index < -0.39 is 0 Å². The second-order valence-corrected chi connectivity index (χ2v) is 7.46. The molecule has 1 atom stereocenters. The van der Waals surface area contributed by atoms with Gasteiger partial charge in [-0.25, -0.2) is 4.98 Å². The second kappa shape index (κ2) is 7.21. The number of carbonyl (C=O) groups is 1. The number of likely N-dealkylation sites (N-methyl/N-ethyl adjacent to an activating group) is 2. The van der Waals surface area contributed by atoms with Crippen LogP contribution in [0.4, 0.5) is 0 Å². The second-order valence-electron chi connectivity index (χ2n) is 7.46. The lowest BCUT2D eigenvalue weighted by atomic mass is 9.94. The molecular formula is C20H27N5O. The molecule has 26 heavy (non-hydrogen) atoms. The van der Waals surface area contributed by atoms with Crippen molar-refractivity contribution in [1.29, 1.82) is 0 Å². The number of fused-ring (bicyclic) bond motifs is 2. The van der Waals surface area contributed by atoms with E-state index in [4.69, 9.17) is 0 Å². The molecule has 6 heteroatoms. The monoisotopic (exact) mass is 353 g/mol. The van der Waals surface area contributed by atoms with Gasteiger partial charge in [0, 0.05) is 58.4 Å². The Bertz CT molecular complexity index is 776. The maximum absolute atomic E-state index is 12.9. The van der Waals surface area contributed by atoms with Gasteiger partial charge in [-0.2, -0.15) is 0 Å². The number of hydrogen-bond donors (Lipinski definition) is 1. The Hall–Kier alpha value is -2.18. The molecule has 4 rings (SSSR count). The summed E-state index contributed by atoms with van der Waals surface area (Å²) in [5.41, 5.74) is 3.37. The van der Waals surface area contributed by atoms with E-state index in [1.54, 1.807) is 0 Å². The average Bonchev–Trinajstić information content (AvgIpc) is 2.92. The van der Waals surface area contributed by atoms with Gasteiger partial charge in [0.15, 0.2) is 0 Å². The third-order valence-corrected chi connectivity index (χ3v) is 5.58. The molecule has 1 N–H and O–H groups in total. The number of nitrogens with zero attached hydrogens (tertiary/aromatic N) is 4. The van der Waals surface area contributed by atoms with E-state index in [9.17, 15) is 4.79 Å². The van der Waals surface area contributed by atoms with Crippen LogP contribution in [-0.2, 0) is 25.9 Å². The van der Waals surface area contributed by atoms with Crippen LogP contribution < -0.4 is 5.32 Å². The summed E-state index contributed by atoms with van der Waals surface area (Å²) >= 11 is 0. The van der Waals surface area contributed by atoms with Crippen LogP contribution in [0.2, 0.25) is 0 Å². The van der Waals surface area contributed by atoms with Crippen LogP contribution in [0.5, 0.6) is 0 Å². The molecule has 1 unspecified atom stereocenters. The first-order valence-electron chi connectivity index (χ1n) is 9.41. The van der Waals surface area contributed by atoms with Crippen molar-refractivity contribution in [3.8, 4) is 0 Å². The van der Waals surface area contributed by atoms with Crippen LogP contribution in [0.25, 0.3) is 0 Å². The topological polar surface area (TPSA) is 53.4 Å². The maximum atomic E-state index is 12.9. The molecule has 2 aromatic rings. The summed E-state index contributed by atoms with van der Waals surface area (Å²) in [6.07, 6.45) is 3.77. The van der Waals surface area contributed by atoms with Gasteiger partial charge < -0.3 is 14.8 Å². The molecule has 0 radical (unpaired) electrons. The van der Waals surface area contributed by atoms with Crippen molar-refractivity contribution in [3.05, 3.63) is 53.1 Å². The first-order chi connectivity index (χ1) is 12.6. The fraction of sp³-hybridized carbons (Fsp3) is 0.500. The molecule has 138 valence electrons. The van der Waals surface area contributed by atoms with Crippen molar-refractivity contribution in [2.75, 3.05) is 33.7 Å². The van der Waals surface area contributed by atoms with E-state index >= 15 is 0 Å². The van der Waals surface area contributed by atoms with E-state index in [0.29, 0.717) is 18.3 Å². The van der Waals surface area contributed by atoms with E-state index in [0.717, 1.165) is 44.8 Å². The van der Waals surface area contributed by atoms with E-state index in [-0.39, 0.29) is 5.91 Å². The van der Waals surface area contributed by atoms with Crippen LogP contribution in [0.3, 0.4) is 0 Å². The molecular weight excluding hydrogens is 326 g/mol. The predicted octanol–water partition coefficient (Wildman–Crippen LogP) is 1.16. The molecule has 6 nitrogen and oxygen atoms in total. The highest BCUT2D eigenvalue weighted by Crippen LogP contribution is 2.22. The molecule has 1 aromatic heterocycles. The lowest BCUT2D eigenvalue weighted by molar-refractivity contribution is 0.0728. The highest BCUT2D eigenvalue weighted by atomic mass is 16.2. The van der Waals surface area contributed by atoms with Gasteiger partial charge >= 0.3 is 0 Å². The number of benzene rings is 1. The zero-order valence-corrected chi connectivity index (χ0v) is 15.6. The minimum Gasteiger partial charge on any atom is -0.339 e. The Labute approximate surface area is 154 Å². The van der Waals surface area contributed by atoms with Crippen molar-refractivity contribution in [3.63, 3.8) is 0 Å². The molecule has 0 bridgehead atoms. The van der Waals surface area contributed by atoms with E-state index in [1.165, 1.54) is 11.1 Å². The third kappa shape index (κ3) is 3.39. The predicted molar refractivity (Wildman–Crippen MR) is 101 cm³/mol. The van der Waals surface area contributed by atoms with Gasteiger partial charge in [0.1, 0.15) is 11.5 Å². The van der Waals surface area contributed by atoms with Gasteiger partial charge in [0.25, 0.3) is 5.91 Å². The molecule has 0 saturated heterocycles. The molecule has 0 spiro atoms. The van der Waals surface area contributed by atoms with Gasteiger partial charge in [-0.15, -0.1) is 0 Å². The standard InChI is InChI=1S/C20H27N5O/c1-23-12-16-6-4-3-5-15(16)11-17(23)13-24(2)20(26)18-14-25-10-9-21-8-7-19(25)22-18/h3-6,14,17,21H,7-13H2,1-2H3. The molecule has 0 fully saturated rings. The van der Waals surface area contributed by atoms with Crippen molar-refractivity contribution >= 4 is 5.91 Å². The van der Waals surface area contributed by atoms with Crippen molar-refractivity contribution < 1.29 is 4.79 Å². The minimum absolute atomic E-state index is 0.0193. The summed E-state index contributed by atoms with van der Waals surface area (Å²) < 4.78 is 2.12. The summed E-state index contributed by atoms with van der Waals surface area (Å²) in [5, 5.41) is 3.36. The van der Waals surface area contributed by atoms with Crippen LogP contribution in [-0.4, -0.2) is 65.0 Å². The SMILES string of the molecule is CN(CC1Cc2ccccc2CN1C)C(=O)c1cn2c(n1)CCNCC2. The highest BCUT2D eigenvalue weighted by Gasteiger charge is 2.27. The normalized spacial score (nSPS) is 20.2. The molecule has 0 aliphatic carbocycles. The Morgan fingerprint density at radius 3 is 2.96 bits per heavy atom. The first-order valence-corrected chi connectivity index (χ1v) is 9.41. The quantitative estimate of drug-likeness (QED) is 0.900. The third-order valence-electron chi connectivity index (χ3n) is 5.58. The summed E-state index contributed by atoms with van der Waals surface area (Å²) in [7, 11) is 4.04. The molecule has 0 saturated carbocycles. The number of hydrogen-bond acceptors (Lipinski definition) is 4. The molecule has 2 aliphatic rings. The number of amides is 1. The van der Waals surface area contributed by atoms with E-state index in [2.05, 4.69) is 51.1 Å². The number of rotatable bonds is 3. The largest absolute Gasteiger partial charge is 0.339 e. The van der Waals surface area contributed by atoms with Crippen molar-refractivity contribution in [2.45, 2.75) is 32.0 Å². The summed E-state index contributed by atoms with van der Waals surface area (Å²) in [6, 6.07) is 8.94. The molecule has 3 heterocycles. The molecule has 1 amide bonds. The van der Waals surface area contributed by atoms with Crippen molar-refractivity contribution in [1.82, 2.24) is 24.7 Å². The van der Waals surface area contributed by atoms with Crippen LogP contribution in [0.1, 0.15) is 27.4 Å². The summed E-state index contributed by atoms with van der Waals surface area (Å²) in [5.74, 6) is 1.03. The summed E-state index contributed by atoms with van der Waals surface area (Å²) in [6.45, 7) is 4.38. The number of carbonyl (C=O) groups excluding carboxylic acids is 1. The van der Waals surface area contributed by atoms with Gasteiger partial charge in [-0.05, 0) is 24.6 Å². The lowest BCUT2D eigenvalue weighted by Gasteiger charge is -2.36. The van der Waals surface area contributed by atoms with Gasteiger partial charge in [0.2, 0.25) is 0 Å². The Morgan fingerprint density at radius 2 is 2.12 bits per heavy atom. The fourth-order valence-electron chi connectivity index (χ4n) is 3.99. The Kier molecular flexibility index (Phi) is 4.78. The molecule has 2 aliphatic heterocycles. The zero-order valence-electron chi connectivity index (χ0n) is 15.6. The number of imidazole rings is 1. The van der Waals surface area contributed by atoms with Gasteiger partial charge in [0.05, 0.1) is 0 Å². The number of aromatic nitrogens is 2. The van der Waals surface area contributed by atoms with Crippen molar-refractivity contribution in [2.24, 2.45) is 0 Å².